The average Bonchev–Trinajstić information content (AvgIpc) is 2.78. The molecule has 0 radical (unpaired) electrons. The summed E-state index contributed by atoms with van der Waals surface area (Å²) in [4.78, 5) is 12.6. The second kappa shape index (κ2) is 11.1. The lowest BCUT2D eigenvalue weighted by atomic mass is 10.1. The van der Waals surface area contributed by atoms with Gasteiger partial charge >= 0.3 is 0 Å². The molecule has 168 valence electrons. The second-order valence-electron chi connectivity index (χ2n) is 7.06. The molecule has 0 atom stereocenters. The molecule has 0 heterocycles. The highest BCUT2D eigenvalue weighted by atomic mass is 35.5. The molecule has 0 aliphatic rings. The number of aryl methyl sites for hydroxylation is 1. The van der Waals surface area contributed by atoms with Crippen LogP contribution in [0.25, 0.3) is 6.08 Å². The zero-order valence-corrected chi connectivity index (χ0v) is 20.1. The van der Waals surface area contributed by atoms with Gasteiger partial charge < -0.3 is 14.8 Å². The number of carbonyl (C=O) groups is 1. The van der Waals surface area contributed by atoms with Crippen LogP contribution in [-0.2, 0) is 11.4 Å². The third-order valence-corrected chi connectivity index (χ3v) is 5.59. The number of hydrogen-bond donors (Lipinski definition) is 1. The number of methoxy groups -OCH3 is 1. The fourth-order valence-corrected chi connectivity index (χ4v) is 3.58. The number of nitriles is 1. The van der Waals surface area contributed by atoms with Crippen molar-refractivity contribution < 1.29 is 14.3 Å². The van der Waals surface area contributed by atoms with Gasteiger partial charge in [-0.2, -0.15) is 5.26 Å². The number of halogens is 3. The summed E-state index contributed by atoms with van der Waals surface area (Å²) in [6.45, 7) is 2.31. The first-order chi connectivity index (χ1) is 15.8. The lowest BCUT2D eigenvalue weighted by Gasteiger charge is -2.14. The van der Waals surface area contributed by atoms with Gasteiger partial charge in [-0.25, -0.2) is 0 Å². The smallest absolute Gasteiger partial charge is 0.266 e. The zero-order chi connectivity index (χ0) is 24.0. The highest BCUT2D eigenvalue weighted by Crippen LogP contribution is 2.37. The number of ether oxygens (including phenoxy) is 2. The quantitative estimate of drug-likeness (QED) is 0.277. The third kappa shape index (κ3) is 6.43. The van der Waals surface area contributed by atoms with Crippen LogP contribution in [-0.4, -0.2) is 13.0 Å². The topological polar surface area (TPSA) is 71.3 Å². The number of nitrogens with one attached hydrogen (secondary N) is 1. The van der Waals surface area contributed by atoms with Crippen molar-refractivity contribution in [2.45, 2.75) is 13.5 Å². The van der Waals surface area contributed by atoms with Gasteiger partial charge in [-0.1, -0.05) is 64.6 Å². The standard InChI is InChI=1S/C25H19Cl3N2O3/c1-15-4-3-5-16(8-15)14-33-24-22(28)10-17(11-23(24)32-2)9-18(13-29)25(31)30-19-6-7-20(26)21(27)12-19/h3-12H,14H2,1-2H3,(H,30,31)/b18-9+. The first-order valence-corrected chi connectivity index (χ1v) is 10.9. The molecule has 0 saturated carbocycles. The van der Waals surface area contributed by atoms with Gasteiger partial charge in [0.25, 0.3) is 5.91 Å². The molecule has 0 bridgehead atoms. The van der Waals surface area contributed by atoms with E-state index in [1.807, 2.05) is 37.3 Å². The molecule has 3 aromatic carbocycles. The van der Waals surface area contributed by atoms with E-state index in [0.717, 1.165) is 11.1 Å². The van der Waals surface area contributed by atoms with E-state index in [1.54, 1.807) is 24.3 Å². The molecule has 5 nitrogen and oxygen atoms in total. The molecule has 0 fully saturated rings. The summed E-state index contributed by atoms with van der Waals surface area (Å²) in [5.41, 5.74) is 2.89. The van der Waals surface area contributed by atoms with E-state index in [1.165, 1.54) is 19.3 Å². The number of hydrogen-bond acceptors (Lipinski definition) is 4. The monoisotopic (exact) mass is 500 g/mol. The molecule has 1 amide bonds. The van der Waals surface area contributed by atoms with Gasteiger partial charge in [-0.15, -0.1) is 0 Å². The Morgan fingerprint density at radius 1 is 1.06 bits per heavy atom. The number of anilines is 1. The fraction of sp³-hybridized carbons (Fsp3) is 0.120. The van der Waals surface area contributed by atoms with Gasteiger partial charge in [-0.05, 0) is 54.5 Å². The van der Waals surface area contributed by atoms with Crippen molar-refractivity contribution in [3.63, 3.8) is 0 Å². The molecule has 0 unspecified atom stereocenters. The molecule has 0 aliphatic carbocycles. The Morgan fingerprint density at radius 3 is 2.52 bits per heavy atom. The molecule has 0 aliphatic heterocycles. The van der Waals surface area contributed by atoms with Gasteiger partial charge in [0.05, 0.1) is 22.2 Å². The maximum atomic E-state index is 12.6. The number of nitrogens with zero attached hydrogens (tertiary/aromatic N) is 1. The summed E-state index contributed by atoms with van der Waals surface area (Å²) in [6, 6.07) is 17.7. The lowest BCUT2D eigenvalue weighted by molar-refractivity contribution is -0.112. The summed E-state index contributed by atoms with van der Waals surface area (Å²) < 4.78 is 11.3. The van der Waals surface area contributed by atoms with E-state index in [9.17, 15) is 10.1 Å². The number of carbonyl (C=O) groups excluding carboxylic acids is 1. The Balaban J connectivity index is 1.82. The minimum Gasteiger partial charge on any atom is -0.493 e. The van der Waals surface area contributed by atoms with E-state index >= 15 is 0 Å². The van der Waals surface area contributed by atoms with E-state index in [4.69, 9.17) is 44.3 Å². The van der Waals surface area contributed by atoms with Gasteiger partial charge in [0, 0.05) is 5.69 Å². The van der Waals surface area contributed by atoms with Crippen molar-refractivity contribution in [3.8, 4) is 17.6 Å². The SMILES string of the molecule is COc1cc(/C=C(\C#N)C(=O)Nc2ccc(Cl)c(Cl)c2)cc(Cl)c1OCc1cccc(C)c1. The second-order valence-corrected chi connectivity index (χ2v) is 8.29. The van der Waals surface area contributed by atoms with Crippen LogP contribution >= 0.6 is 34.8 Å². The van der Waals surface area contributed by atoms with Crippen LogP contribution in [0.5, 0.6) is 11.5 Å². The van der Waals surface area contributed by atoms with Crippen LogP contribution in [0.4, 0.5) is 5.69 Å². The first-order valence-electron chi connectivity index (χ1n) is 9.74. The van der Waals surface area contributed by atoms with E-state index in [0.29, 0.717) is 34.4 Å². The normalized spacial score (nSPS) is 11.0. The van der Waals surface area contributed by atoms with Crippen molar-refractivity contribution in [2.75, 3.05) is 12.4 Å². The number of rotatable bonds is 7. The Bertz CT molecular complexity index is 1270. The minimum absolute atomic E-state index is 0.132. The zero-order valence-electron chi connectivity index (χ0n) is 17.8. The number of benzene rings is 3. The highest BCUT2D eigenvalue weighted by Gasteiger charge is 2.15. The number of amides is 1. The lowest BCUT2D eigenvalue weighted by Crippen LogP contribution is -2.13. The highest BCUT2D eigenvalue weighted by molar-refractivity contribution is 6.42. The van der Waals surface area contributed by atoms with Crippen LogP contribution in [0, 0.1) is 18.3 Å². The predicted octanol–water partition coefficient (Wildman–Crippen LogP) is 7.09. The molecule has 33 heavy (non-hydrogen) atoms. The van der Waals surface area contributed by atoms with Crippen molar-refractivity contribution in [2.24, 2.45) is 0 Å². The Morgan fingerprint density at radius 2 is 1.85 bits per heavy atom. The molecular weight excluding hydrogens is 483 g/mol. The van der Waals surface area contributed by atoms with E-state index in [2.05, 4.69) is 5.32 Å². The molecule has 0 aromatic heterocycles. The maximum absolute atomic E-state index is 12.6. The van der Waals surface area contributed by atoms with Crippen LogP contribution in [0.1, 0.15) is 16.7 Å². The molecule has 1 N–H and O–H groups in total. The summed E-state index contributed by atoms with van der Waals surface area (Å²) in [7, 11) is 1.49. The van der Waals surface area contributed by atoms with Crippen molar-refractivity contribution in [1.82, 2.24) is 0 Å². The summed E-state index contributed by atoms with van der Waals surface area (Å²) in [5, 5.41) is 13.1. The van der Waals surface area contributed by atoms with Crippen LogP contribution in [0.3, 0.4) is 0 Å². The largest absolute Gasteiger partial charge is 0.493 e. The Labute approximate surface area is 207 Å². The maximum Gasteiger partial charge on any atom is 0.266 e. The van der Waals surface area contributed by atoms with Gasteiger partial charge in [0.15, 0.2) is 11.5 Å². The van der Waals surface area contributed by atoms with E-state index in [-0.39, 0.29) is 15.6 Å². The fourth-order valence-electron chi connectivity index (χ4n) is 3.01. The summed E-state index contributed by atoms with van der Waals surface area (Å²) in [6.07, 6.45) is 1.41. The van der Waals surface area contributed by atoms with Crippen LogP contribution < -0.4 is 14.8 Å². The Kier molecular flexibility index (Phi) is 8.24. The molecule has 0 saturated heterocycles. The first kappa shape index (κ1) is 24.5. The van der Waals surface area contributed by atoms with Crippen molar-refractivity contribution in [1.29, 1.82) is 5.26 Å². The molecule has 3 aromatic rings. The minimum atomic E-state index is -0.606. The average molecular weight is 502 g/mol. The van der Waals surface area contributed by atoms with Gasteiger partial charge in [0.2, 0.25) is 0 Å². The third-order valence-electron chi connectivity index (χ3n) is 4.57. The molecule has 3 rings (SSSR count). The molecular formula is C25H19Cl3N2O3. The van der Waals surface area contributed by atoms with Gasteiger partial charge in [-0.3, -0.25) is 4.79 Å². The van der Waals surface area contributed by atoms with Crippen molar-refractivity contribution in [3.05, 3.63) is 91.9 Å². The summed E-state index contributed by atoms with van der Waals surface area (Å²) in [5.74, 6) is 0.144. The van der Waals surface area contributed by atoms with E-state index < -0.39 is 5.91 Å². The van der Waals surface area contributed by atoms with Gasteiger partial charge in [0.1, 0.15) is 18.2 Å². The predicted molar refractivity (Wildman–Crippen MR) is 132 cm³/mol. The molecule has 0 spiro atoms. The van der Waals surface area contributed by atoms with Crippen LogP contribution in [0.2, 0.25) is 15.1 Å². The Hall–Kier alpha value is -3.17. The summed E-state index contributed by atoms with van der Waals surface area (Å²) >= 11 is 18.3. The van der Waals surface area contributed by atoms with Crippen LogP contribution in [0.15, 0.2) is 60.2 Å². The van der Waals surface area contributed by atoms with Crippen molar-refractivity contribution >= 4 is 52.5 Å². The molecule has 8 heteroatoms.